The van der Waals surface area contributed by atoms with Crippen LogP contribution in [0.5, 0.6) is 0 Å². The van der Waals surface area contributed by atoms with Gasteiger partial charge >= 0.3 is 0 Å². The summed E-state index contributed by atoms with van der Waals surface area (Å²) in [6.07, 6.45) is 4.49. The first-order valence-corrected chi connectivity index (χ1v) is 6.38. The van der Waals surface area contributed by atoms with Crippen molar-refractivity contribution < 1.29 is 0 Å². The van der Waals surface area contributed by atoms with Crippen molar-refractivity contribution in [2.24, 2.45) is 0 Å². The molecule has 20 heavy (non-hydrogen) atoms. The summed E-state index contributed by atoms with van der Waals surface area (Å²) in [5.74, 6) is 0.687. The Balaban J connectivity index is 1.71. The van der Waals surface area contributed by atoms with Crippen molar-refractivity contribution >= 4 is 17.0 Å². The summed E-state index contributed by atoms with van der Waals surface area (Å²) < 4.78 is 0. The fourth-order valence-corrected chi connectivity index (χ4v) is 2.08. The van der Waals surface area contributed by atoms with Crippen LogP contribution in [0.1, 0.15) is 11.1 Å². The molecule has 0 amide bonds. The molecule has 0 saturated carbocycles. The Hall–Kier alpha value is -2.87. The van der Waals surface area contributed by atoms with Gasteiger partial charge in [0.1, 0.15) is 11.6 Å². The van der Waals surface area contributed by atoms with Gasteiger partial charge in [-0.05, 0) is 30.2 Å². The smallest absolute Gasteiger partial charge is 0.201 e. The van der Waals surface area contributed by atoms with Crippen LogP contribution in [0.2, 0.25) is 0 Å². The van der Waals surface area contributed by atoms with E-state index in [1.807, 2.05) is 30.5 Å². The number of aromatic nitrogens is 3. The lowest BCUT2D eigenvalue weighted by Gasteiger charge is -2.02. The highest BCUT2D eigenvalue weighted by Crippen LogP contribution is 2.17. The first-order chi connectivity index (χ1) is 9.86. The molecule has 2 N–H and O–H groups in total. The number of aromatic amines is 1. The number of rotatable bonds is 4. The van der Waals surface area contributed by atoms with Crippen molar-refractivity contribution in [2.45, 2.75) is 6.42 Å². The quantitative estimate of drug-likeness (QED) is 0.758. The molecule has 5 heteroatoms. The average Bonchev–Trinajstić information content (AvgIpc) is 2.91. The molecule has 0 saturated heterocycles. The highest BCUT2D eigenvalue weighted by atomic mass is 15.1. The zero-order chi connectivity index (χ0) is 13.8. The lowest BCUT2D eigenvalue weighted by molar-refractivity contribution is 0.988. The third-order valence-electron chi connectivity index (χ3n) is 3.06. The van der Waals surface area contributed by atoms with E-state index in [0.717, 1.165) is 18.5 Å². The number of benzene rings is 1. The van der Waals surface area contributed by atoms with Crippen LogP contribution in [-0.2, 0) is 6.42 Å². The summed E-state index contributed by atoms with van der Waals surface area (Å²) in [4.78, 5) is 11.7. The molecule has 0 aliphatic rings. The molecule has 2 aromatic heterocycles. The molecule has 0 fully saturated rings. The molecule has 0 unspecified atom stereocenters. The minimum atomic E-state index is 0.582. The van der Waals surface area contributed by atoms with Gasteiger partial charge in [-0.15, -0.1) is 0 Å². The van der Waals surface area contributed by atoms with Gasteiger partial charge < -0.3 is 10.3 Å². The fraction of sp³-hybridized carbons (Fsp3) is 0.133. The molecular formula is C15H13N5. The Labute approximate surface area is 116 Å². The molecule has 0 bridgehead atoms. The second kappa shape index (κ2) is 5.41. The van der Waals surface area contributed by atoms with Crippen LogP contribution in [0.25, 0.3) is 11.0 Å². The Morgan fingerprint density at radius 2 is 2.20 bits per heavy atom. The Kier molecular flexibility index (Phi) is 3.29. The summed E-state index contributed by atoms with van der Waals surface area (Å²) in [6, 6.07) is 11.6. The van der Waals surface area contributed by atoms with Crippen molar-refractivity contribution in [1.82, 2.24) is 15.0 Å². The predicted molar refractivity (Wildman–Crippen MR) is 77.2 cm³/mol. The van der Waals surface area contributed by atoms with Crippen molar-refractivity contribution in [1.29, 1.82) is 5.26 Å². The molecular weight excluding hydrogens is 250 g/mol. The molecule has 2 heterocycles. The van der Waals surface area contributed by atoms with E-state index in [9.17, 15) is 0 Å². The van der Waals surface area contributed by atoms with Crippen LogP contribution in [-0.4, -0.2) is 21.5 Å². The van der Waals surface area contributed by atoms with E-state index in [1.54, 1.807) is 12.3 Å². The number of anilines is 1. The Bertz CT molecular complexity index is 755. The average molecular weight is 263 g/mol. The van der Waals surface area contributed by atoms with Crippen molar-refractivity contribution in [3.63, 3.8) is 0 Å². The van der Waals surface area contributed by atoms with Gasteiger partial charge in [0.2, 0.25) is 5.95 Å². The molecule has 0 aliphatic carbocycles. The zero-order valence-electron chi connectivity index (χ0n) is 10.8. The monoisotopic (exact) mass is 263 g/mol. The van der Waals surface area contributed by atoms with Crippen LogP contribution < -0.4 is 5.32 Å². The van der Waals surface area contributed by atoms with E-state index < -0.39 is 0 Å². The minimum Gasteiger partial charge on any atom is -0.355 e. The van der Waals surface area contributed by atoms with E-state index >= 15 is 0 Å². The first kappa shape index (κ1) is 12.2. The van der Waals surface area contributed by atoms with E-state index in [-0.39, 0.29) is 0 Å². The van der Waals surface area contributed by atoms with Gasteiger partial charge in [0.15, 0.2) is 0 Å². The van der Waals surface area contributed by atoms with Crippen LogP contribution in [0.3, 0.4) is 0 Å². The van der Waals surface area contributed by atoms with Gasteiger partial charge in [0.05, 0.1) is 11.1 Å². The maximum absolute atomic E-state index is 9.04. The Morgan fingerprint density at radius 1 is 1.25 bits per heavy atom. The molecule has 98 valence electrons. The maximum atomic E-state index is 9.04. The number of hydrogen-bond donors (Lipinski definition) is 2. The molecule has 0 aliphatic heterocycles. The van der Waals surface area contributed by atoms with E-state index in [2.05, 4.69) is 26.3 Å². The molecule has 5 nitrogen and oxygen atoms in total. The summed E-state index contributed by atoms with van der Waals surface area (Å²) in [5.41, 5.74) is 3.33. The van der Waals surface area contributed by atoms with Gasteiger partial charge in [-0.3, -0.25) is 4.98 Å². The van der Waals surface area contributed by atoms with Crippen LogP contribution in [0.4, 0.5) is 5.95 Å². The van der Waals surface area contributed by atoms with Gasteiger partial charge in [-0.1, -0.05) is 12.1 Å². The number of H-pyrrole nitrogens is 1. The SMILES string of the molecule is N#Cc1cccc2[nH]c(NCCc3cccnc3)nc12. The molecule has 3 rings (SSSR count). The predicted octanol–water partition coefficient (Wildman–Crippen LogP) is 2.48. The largest absolute Gasteiger partial charge is 0.355 e. The van der Waals surface area contributed by atoms with E-state index in [0.29, 0.717) is 17.0 Å². The number of nitriles is 1. The van der Waals surface area contributed by atoms with Gasteiger partial charge in [-0.25, -0.2) is 4.98 Å². The minimum absolute atomic E-state index is 0.582. The summed E-state index contributed by atoms with van der Waals surface area (Å²) in [5, 5.41) is 12.3. The number of fused-ring (bicyclic) bond motifs is 1. The van der Waals surface area contributed by atoms with Crippen LogP contribution >= 0.6 is 0 Å². The third kappa shape index (κ3) is 2.45. The molecule has 0 radical (unpaired) electrons. The normalized spacial score (nSPS) is 10.3. The Morgan fingerprint density at radius 3 is 3.00 bits per heavy atom. The number of hydrogen-bond acceptors (Lipinski definition) is 4. The number of pyridine rings is 1. The van der Waals surface area contributed by atoms with Crippen molar-refractivity contribution in [2.75, 3.05) is 11.9 Å². The fourth-order valence-electron chi connectivity index (χ4n) is 2.08. The highest BCUT2D eigenvalue weighted by Gasteiger charge is 2.06. The summed E-state index contributed by atoms with van der Waals surface area (Å²) in [6.45, 7) is 0.757. The maximum Gasteiger partial charge on any atom is 0.201 e. The number of para-hydroxylation sites is 1. The zero-order valence-corrected chi connectivity index (χ0v) is 10.8. The van der Waals surface area contributed by atoms with Gasteiger partial charge in [0, 0.05) is 18.9 Å². The number of nitrogens with zero attached hydrogens (tertiary/aromatic N) is 3. The second-order valence-electron chi connectivity index (χ2n) is 4.44. The summed E-state index contributed by atoms with van der Waals surface area (Å²) >= 11 is 0. The van der Waals surface area contributed by atoms with Gasteiger partial charge in [0.25, 0.3) is 0 Å². The van der Waals surface area contributed by atoms with E-state index in [1.165, 1.54) is 5.56 Å². The second-order valence-corrected chi connectivity index (χ2v) is 4.44. The standard InChI is InChI=1S/C15H13N5/c16-9-12-4-1-5-13-14(12)20-15(19-13)18-8-6-11-3-2-7-17-10-11/h1-5,7,10H,6,8H2,(H2,18,19,20). The highest BCUT2D eigenvalue weighted by molar-refractivity contribution is 5.83. The van der Waals surface area contributed by atoms with Crippen molar-refractivity contribution in [3.8, 4) is 6.07 Å². The first-order valence-electron chi connectivity index (χ1n) is 6.38. The van der Waals surface area contributed by atoms with Crippen molar-refractivity contribution in [3.05, 3.63) is 53.9 Å². The topological polar surface area (TPSA) is 77.4 Å². The lowest BCUT2D eigenvalue weighted by Crippen LogP contribution is -2.06. The molecule has 1 aromatic carbocycles. The van der Waals surface area contributed by atoms with Gasteiger partial charge in [-0.2, -0.15) is 5.26 Å². The van der Waals surface area contributed by atoms with Crippen LogP contribution in [0.15, 0.2) is 42.7 Å². The molecule has 0 spiro atoms. The lowest BCUT2D eigenvalue weighted by atomic mass is 10.2. The molecule has 0 atom stereocenters. The number of imidazole rings is 1. The third-order valence-corrected chi connectivity index (χ3v) is 3.06. The van der Waals surface area contributed by atoms with Crippen LogP contribution in [0, 0.1) is 11.3 Å². The molecule has 3 aromatic rings. The number of nitrogens with one attached hydrogen (secondary N) is 2. The summed E-state index contributed by atoms with van der Waals surface area (Å²) in [7, 11) is 0. The van der Waals surface area contributed by atoms with E-state index in [4.69, 9.17) is 5.26 Å².